The van der Waals surface area contributed by atoms with Crippen molar-refractivity contribution in [3.63, 3.8) is 0 Å². The second kappa shape index (κ2) is 6.21. The zero-order valence-electron chi connectivity index (χ0n) is 12.2. The van der Waals surface area contributed by atoms with Crippen LogP contribution in [0.25, 0.3) is 0 Å². The predicted octanol–water partition coefficient (Wildman–Crippen LogP) is 2.50. The first-order valence-corrected chi connectivity index (χ1v) is 6.48. The monoisotopic (exact) mass is 250 g/mol. The third-order valence-electron chi connectivity index (χ3n) is 4.08. The summed E-state index contributed by atoms with van der Waals surface area (Å²) >= 11 is 0. The molecule has 1 aromatic rings. The fourth-order valence-electron chi connectivity index (χ4n) is 2.06. The van der Waals surface area contributed by atoms with E-state index >= 15 is 0 Å². The molecule has 102 valence electrons. The molecule has 0 radical (unpaired) electrons. The standard InChI is InChI=1S/C15H26N2O/c1-12(2)15(3,11-16)17(4)10-13-7-6-8-14(9-13)18-5/h6-9,12H,10-11,16H2,1-5H3. The van der Waals surface area contributed by atoms with Gasteiger partial charge in [-0.15, -0.1) is 0 Å². The van der Waals surface area contributed by atoms with Crippen molar-refractivity contribution in [3.05, 3.63) is 29.8 Å². The van der Waals surface area contributed by atoms with E-state index < -0.39 is 0 Å². The van der Waals surface area contributed by atoms with Gasteiger partial charge in [-0.1, -0.05) is 26.0 Å². The Morgan fingerprint density at radius 3 is 2.56 bits per heavy atom. The number of rotatable bonds is 6. The number of methoxy groups -OCH3 is 1. The second-order valence-electron chi connectivity index (χ2n) is 5.42. The topological polar surface area (TPSA) is 38.5 Å². The molecule has 1 atom stereocenters. The van der Waals surface area contributed by atoms with Crippen LogP contribution in [0.5, 0.6) is 5.75 Å². The summed E-state index contributed by atoms with van der Waals surface area (Å²) in [6, 6.07) is 8.19. The van der Waals surface area contributed by atoms with E-state index in [1.54, 1.807) is 7.11 Å². The lowest BCUT2D eigenvalue weighted by Gasteiger charge is -2.41. The lowest BCUT2D eigenvalue weighted by molar-refractivity contribution is 0.0877. The highest BCUT2D eigenvalue weighted by Gasteiger charge is 2.31. The van der Waals surface area contributed by atoms with Crippen molar-refractivity contribution in [2.24, 2.45) is 11.7 Å². The Morgan fingerprint density at radius 2 is 2.06 bits per heavy atom. The van der Waals surface area contributed by atoms with Crippen LogP contribution in [0.2, 0.25) is 0 Å². The summed E-state index contributed by atoms with van der Waals surface area (Å²) in [6.07, 6.45) is 0. The molecule has 0 fully saturated rings. The zero-order chi connectivity index (χ0) is 13.8. The SMILES string of the molecule is COc1cccc(CN(C)C(C)(CN)C(C)C)c1. The van der Waals surface area contributed by atoms with Gasteiger partial charge in [0.15, 0.2) is 0 Å². The molecular formula is C15H26N2O. The first-order valence-electron chi connectivity index (χ1n) is 6.48. The van der Waals surface area contributed by atoms with Crippen molar-refractivity contribution >= 4 is 0 Å². The molecule has 1 unspecified atom stereocenters. The highest BCUT2D eigenvalue weighted by atomic mass is 16.5. The van der Waals surface area contributed by atoms with E-state index in [4.69, 9.17) is 10.5 Å². The van der Waals surface area contributed by atoms with Gasteiger partial charge in [-0.2, -0.15) is 0 Å². The van der Waals surface area contributed by atoms with Crippen molar-refractivity contribution in [1.29, 1.82) is 0 Å². The molecule has 0 amide bonds. The Labute approximate surface area is 111 Å². The number of nitrogens with two attached hydrogens (primary N) is 1. The third-order valence-corrected chi connectivity index (χ3v) is 4.08. The van der Waals surface area contributed by atoms with Gasteiger partial charge >= 0.3 is 0 Å². The van der Waals surface area contributed by atoms with Gasteiger partial charge in [-0.05, 0) is 37.6 Å². The lowest BCUT2D eigenvalue weighted by atomic mass is 9.86. The number of hydrogen-bond acceptors (Lipinski definition) is 3. The Bertz CT molecular complexity index is 379. The summed E-state index contributed by atoms with van der Waals surface area (Å²) in [5, 5.41) is 0. The third kappa shape index (κ3) is 3.24. The Kier molecular flexibility index (Phi) is 5.17. The van der Waals surface area contributed by atoms with Crippen LogP contribution in [0.15, 0.2) is 24.3 Å². The van der Waals surface area contributed by atoms with Crippen LogP contribution in [-0.4, -0.2) is 31.1 Å². The van der Waals surface area contributed by atoms with Crippen LogP contribution in [0.3, 0.4) is 0 Å². The second-order valence-corrected chi connectivity index (χ2v) is 5.42. The molecule has 0 aliphatic heterocycles. The smallest absolute Gasteiger partial charge is 0.119 e. The molecule has 0 aliphatic rings. The largest absolute Gasteiger partial charge is 0.497 e. The van der Waals surface area contributed by atoms with E-state index in [1.807, 2.05) is 12.1 Å². The van der Waals surface area contributed by atoms with E-state index in [2.05, 4.69) is 44.9 Å². The Morgan fingerprint density at radius 1 is 1.39 bits per heavy atom. The maximum absolute atomic E-state index is 5.95. The number of hydrogen-bond donors (Lipinski definition) is 1. The summed E-state index contributed by atoms with van der Waals surface area (Å²) in [7, 11) is 3.83. The Balaban J connectivity index is 2.82. The molecule has 0 spiro atoms. The molecule has 0 saturated heterocycles. The average molecular weight is 250 g/mol. The molecule has 3 nitrogen and oxygen atoms in total. The first-order chi connectivity index (χ1) is 8.43. The molecule has 18 heavy (non-hydrogen) atoms. The van der Waals surface area contributed by atoms with Crippen molar-refractivity contribution in [2.75, 3.05) is 20.7 Å². The van der Waals surface area contributed by atoms with Gasteiger partial charge in [-0.3, -0.25) is 4.90 Å². The molecule has 2 N–H and O–H groups in total. The normalized spacial score (nSPS) is 14.9. The van der Waals surface area contributed by atoms with Crippen LogP contribution in [0.4, 0.5) is 0 Å². The van der Waals surface area contributed by atoms with Gasteiger partial charge in [0.2, 0.25) is 0 Å². The van der Waals surface area contributed by atoms with Crippen molar-refractivity contribution in [3.8, 4) is 5.75 Å². The van der Waals surface area contributed by atoms with E-state index in [0.717, 1.165) is 12.3 Å². The average Bonchev–Trinajstić information content (AvgIpc) is 2.37. The highest BCUT2D eigenvalue weighted by Crippen LogP contribution is 2.24. The predicted molar refractivity (Wildman–Crippen MR) is 76.8 cm³/mol. The number of likely N-dealkylation sites (N-methyl/N-ethyl adjacent to an activating group) is 1. The van der Waals surface area contributed by atoms with E-state index in [-0.39, 0.29) is 5.54 Å². The van der Waals surface area contributed by atoms with Crippen LogP contribution in [-0.2, 0) is 6.54 Å². The minimum atomic E-state index is 0.0169. The molecule has 0 heterocycles. The van der Waals surface area contributed by atoms with Gasteiger partial charge in [0.1, 0.15) is 5.75 Å². The maximum atomic E-state index is 5.95. The van der Waals surface area contributed by atoms with Crippen LogP contribution in [0.1, 0.15) is 26.3 Å². The summed E-state index contributed by atoms with van der Waals surface area (Å²) in [5.41, 5.74) is 7.22. The quantitative estimate of drug-likeness (QED) is 0.843. The summed E-state index contributed by atoms with van der Waals surface area (Å²) in [4.78, 5) is 2.33. The van der Waals surface area contributed by atoms with E-state index in [1.165, 1.54) is 5.56 Å². The minimum Gasteiger partial charge on any atom is -0.497 e. The number of nitrogens with zero attached hydrogens (tertiary/aromatic N) is 1. The van der Waals surface area contributed by atoms with Crippen molar-refractivity contribution in [1.82, 2.24) is 4.90 Å². The molecule has 1 rings (SSSR count). The van der Waals surface area contributed by atoms with Crippen LogP contribution in [0, 0.1) is 5.92 Å². The van der Waals surface area contributed by atoms with Gasteiger partial charge in [0.05, 0.1) is 7.11 Å². The fraction of sp³-hybridized carbons (Fsp3) is 0.600. The molecule has 0 saturated carbocycles. The lowest BCUT2D eigenvalue weighted by Crippen LogP contribution is -2.53. The van der Waals surface area contributed by atoms with E-state index in [0.29, 0.717) is 12.5 Å². The van der Waals surface area contributed by atoms with Gasteiger partial charge < -0.3 is 10.5 Å². The van der Waals surface area contributed by atoms with Crippen molar-refractivity contribution < 1.29 is 4.74 Å². The molecule has 3 heteroatoms. The van der Waals surface area contributed by atoms with Gasteiger partial charge in [0.25, 0.3) is 0 Å². The number of ether oxygens (including phenoxy) is 1. The zero-order valence-corrected chi connectivity index (χ0v) is 12.2. The Hall–Kier alpha value is -1.06. The summed E-state index contributed by atoms with van der Waals surface area (Å²) in [6.45, 7) is 8.19. The van der Waals surface area contributed by atoms with Gasteiger partial charge in [0, 0.05) is 18.6 Å². The maximum Gasteiger partial charge on any atom is 0.119 e. The van der Waals surface area contributed by atoms with E-state index in [9.17, 15) is 0 Å². The first kappa shape index (κ1) is 15.0. The summed E-state index contributed by atoms with van der Waals surface area (Å²) < 4.78 is 5.25. The highest BCUT2D eigenvalue weighted by molar-refractivity contribution is 5.28. The van der Waals surface area contributed by atoms with Crippen LogP contribution < -0.4 is 10.5 Å². The van der Waals surface area contributed by atoms with Crippen molar-refractivity contribution in [2.45, 2.75) is 32.9 Å². The summed E-state index contributed by atoms with van der Waals surface area (Å²) in [5.74, 6) is 1.41. The molecular weight excluding hydrogens is 224 g/mol. The molecule has 0 bridgehead atoms. The fourth-order valence-corrected chi connectivity index (χ4v) is 2.06. The minimum absolute atomic E-state index is 0.0169. The number of benzene rings is 1. The molecule has 0 aromatic heterocycles. The molecule has 1 aromatic carbocycles. The van der Waals surface area contributed by atoms with Gasteiger partial charge in [-0.25, -0.2) is 0 Å². The van der Waals surface area contributed by atoms with Crippen LogP contribution >= 0.6 is 0 Å². The molecule has 0 aliphatic carbocycles.